The molecule has 1 aliphatic heterocycles. The monoisotopic (exact) mass is 497 g/mol. The standard InChI is InChI=1S/C27H35N3O6/c1-17-14-30(19(3)31)18(2)16-36-24-12-11-20(13-22(24)27(33)29(4)15-25(17)35-6)28-26(32)21-9-7-8-10-23(21)34-5/h7-13,17-18,25H,14-16H2,1-6H3,(H,28,32)/t17-,18-,25+/m1/s1. The van der Waals surface area contributed by atoms with Crippen molar-refractivity contribution in [2.45, 2.75) is 32.9 Å². The fraction of sp³-hybridized carbons (Fsp3) is 0.444. The van der Waals surface area contributed by atoms with Gasteiger partial charge < -0.3 is 29.3 Å². The Hall–Kier alpha value is -3.59. The van der Waals surface area contributed by atoms with E-state index in [9.17, 15) is 14.4 Å². The van der Waals surface area contributed by atoms with Gasteiger partial charge in [-0.2, -0.15) is 0 Å². The van der Waals surface area contributed by atoms with Gasteiger partial charge in [0.1, 0.15) is 18.1 Å². The molecule has 3 amide bonds. The van der Waals surface area contributed by atoms with Crippen LogP contribution in [0.4, 0.5) is 5.69 Å². The van der Waals surface area contributed by atoms with E-state index < -0.39 is 0 Å². The molecule has 0 radical (unpaired) electrons. The Morgan fingerprint density at radius 3 is 2.47 bits per heavy atom. The Morgan fingerprint density at radius 2 is 1.81 bits per heavy atom. The molecule has 36 heavy (non-hydrogen) atoms. The minimum absolute atomic E-state index is 0.0121. The summed E-state index contributed by atoms with van der Waals surface area (Å²) in [6.45, 7) is 6.48. The van der Waals surface area contributed by atoms with Gasteiger partial charge in [-0.05, 0) is 37.3 Å². The van der Waals surface area contributed by atoms with Gasteiger partial charge >= 0.3 is 0 Å². The fourth-order valence-corrected chi connectivity index (χ4v) is 4.32. The summed E-state index contributed by atoms with van der Waals surface area (Å²) in [6, 6.07) is 11.6. The average Bonchev–Trinajstić information content (AvgIpc) is 2.87. The van der Waals surface area contributed by atoms with Crippen LogP contribution in [0.2, 0.25) is 0 Å². The number of ether oxygens (including phenoxy) is 3. The molecule has 9 nitrogen and oxygen atoms in total. The third kappa shape index (κ3) is 6.15. The molecule has 1 N–H and O–H groups in total. The van der Waals surface area contributed by atoms with Gasteiger partial charge in [-0.1, -0.05) is 19.1 Å². The summed E-state index contributed by atoms with van der Waals surface area (Å²) < 4.78 is 17.0. The topological polar surface area (TPSA) is 97.4 Å². The lowest BCUT2D eigenvalue weighted by Gasteiger charge is -2.35. The quantitative estimate of drug-likeness (QED) is 0.696. The number of fused-ring (bicyclic) bond motifs is 1. The molecule has 1 aliphatic rings. The number of carbonyl (C=O) groups excluding carboxylic acids is 3. The van der Waals surface area contributed by atoms with Crippen molar-refractivity contribution >= 4 is 23.4 Å². The van der Waals surface area contributed by atoms with Crippen LogP contribution in [0.1, 0.15) is 41.5 Å². The van der Waals surface area contributed by atoms with E-state index in [2.05, 4.69) is 5.32 Å². The number of nitrogens with one attached hydrogen (secondary N) is 1. The first-order valence-electron chi connectivity index (χ1n) is 11.9. The normalized spacial score (nSPS) is 20.9. The van der Waals surface area contributed by atoms with Crippen LogP contribution >= 0.6 is 0 Å². The van der Waals surface area contributed by atoms with Crippen LogP contribution in [0.5, 0.6) is 11.5 Å². The number of nitrogens with zero attached hydrogens (tertiary/aromatic N) is 2. The Labute approximate surface area is 212 Å². The molecule has 0 aromatic heterocycles. The van der Waals surface area contributed by atoms with E-state index in [1.165, 1.54) is 14.0 Å². The highest BCUT2D eigenvalue weighted by Gasteiger charge is 2.29. The third-order valence-corrected chi connectivity index (χ3v) is 6.46. The number of hydrogen-bond acceptors (Lipinski definition) is 6. The van der Waals surface area contributed by atoms with Crippen molar-refractivity contribution in [2.75, 3.05) is 46.3 Å². The molecule has 194 valence electrons. The van der Waals surface area contributed by atoms with Gasteiger partial charge in [-0.3, -0.25) is 14.4 Å². The van der Waals surface area contributed by atoms with Crippen molar-refractivity contribution in [3.8, 4) is 11.5 Å². The maximum atomic E-state index is 13.5. The Balaban J connectivity index is 1.95. The number of rotatable bonds is 4. The summed E-state index contributed by atoms with van der Waals surface area (Å²) in [7, 11) is 4.81. The lowest BCUT2D eigenvalue weighted by atomic mass is 10.0. The lowest BCUT2D eigenvalue weighted by Crippen LogP contribution is -2.48. The Bertz CT molecular complexity index is 1100. The zero-order valence-electron chi connectivity index (χ0n) is 21.7. The molecular formula is C27H35N3O6. The largest absolute Gasteiger partial charge is 0.496 e. The number of para-hydroxylation sites is 1. The number of amides is 3. The second kappa shape index (κ2) is 11.9. The fourth-order valence-electron chi connectivity index (χ4n) is 4.32. The molecule has 0 aliphatic carbocycles. The van der Waals surface area contributed by atoms with Gasteiger partial charge in [-0.25, -0.2) is 0 Å². The highest BCUT2D eigenvalue weighted by Crippen LogP contribution is 2.27. The van der Waals surface area contributed by atoms with Crippen LogP contribution in [0.3, 0.4) is 0 Å². The van der Waals surface area contributed by atoms with Crippen LogP contribution < -0.4 is 14.8 Å². The second-order valence-electron chi connectivity index (χ2n) is 9.13. The molecular weight excluding hydrogens is 462 g/mol. The highest BCUT2D eigenvalue weighted by molar-refractivity contribution is 6.07. The molecule has 1 heterocycles. The van der Waals surface area contributed by atoms with Crippen LogP contribution in [0.15, 0.2) is 42.5 Å². The molecule has 3 rings (SSSR count). The maximum Gasteiger partial charge on any atom is 0.259 e. The van der Waals surface area contributed by atoms with Gasteiger partial charge in [0.15, 0.2) is 0 Å². The first kappa shape index (κ1) is 27.0. The van der Waals surface area contributed by atoms with Gasteiger partial charge in [0.2, 0.25) is 5.91 Å². The van der Waals surface area contributed by atoms with Crippen molar-refractivity contribution in [3.63, 3.8) is 0 Å². The molecule has 0 fully saturated rings. The molecule has 0 unspecified atom stereocenters. The Kier molecular flexibility index (Phi) is 8.93. The summed E-state index contributed by atoms with van der Waals surface area (Å²) in [5, 5.41) is 2.84. The number of hydrogen-bond donors (Lipinski definition) is 1. The predicted molar refractivity (Wildman–Crippen MR) is 137 cm³/mol. The van der Waals surface area contributed by atoms with Crippen LogP contribution in [0.25, 0.3) is 0 Å². The van der Waals surface area contributed by atoms with E-state index in [1.54, 1.807) is 66.4 Å². The first-order chi connectivity index (χ1) is 17.2. The summed E-state index contributed by atoms with van der Waals surface area (Å²) >= 11 is 0. The highest BCUT2D eigenvalue weighted by atomic mass is 16.5. The molecule has 0 spiro atoms. The third-order valence-electron chi connectivity index (χ3n) is 6.46. The van der Waals surface area contributed by atoms with Crippen LogP contribution in [-0.2, 0) is 9.53 Å². The maximum absolute atomic E-state index is 13.5. The van der Waals surface area contributed by atoms with Crippen molar-refractivity contribution < 1.29 is 28.6 Å². The minimum atomic E-state index is -0.360. The van der Waals surface area contributed by atoms with Gasteiger partial charge in [0.05, 0.1) is 30.4 Å². The van der Waals surface area contributed by atoms with Gasteiger partial charge in [-0.15, -0.1) is 0 Å². The summed E-state index contributed by atoms with van der Waals surface area (Å²) in [6.07, 6.45) is -0.273. The first-order valence-corrected chi connectivity index (χ1v) is 11.9. The van der Waals surface area contributed by atoms with Crippen LogP contribution in [-0.4, -0.2) is 80.6 Å². The molecule has 0 saturated heterocycles. The van der Waals surface area contributed by atoms with Gasteiger partial charge in [0, 0.05) is 45.8 Å². The predicted octanol–water partition coefficient (Wildman–Crippen LogP) is 3.30. The van der Waals surface area contributed by atoms with Crippen molar-refractivity contribution in [1.29, 1.82) is 0 Å². The smallest absolute Gasteiger partial charge is 0.259 e. The van der Waals surface area contributed by atoms with E-state index in [0.29, 0.717) is 41.4 Å². The van der Waals surface area contributed by atoms with E-state index in [-0.39, 0.29) is 42.4 Å². The summed E-state index contributed by atoms with van der Waals surface area (Å²) in [4.78, 5) is 42.1. The molecule has 0 bridgehead atoms. The van der Waals surface area contributed by atoms with Crippen molar-refractivity contribution in [3.05, 3.63) is 53.6 Å². The molecule has 9 heteroatoms. The van der Waals surface area contributed by atoms with E-state index >= 15 is 0 Å². The average molecular weight is 498 g/mol. The number of likely N-dealkylation sites (N-methyl/N-ethyl adjacent to an activating group) is 1. The zero-order chi connectivity index (χ0) is 26.4. The number of anilines is 1. The number of benzene rings is 2. The Morgan fingerprint density at radius 1 is 1.08 bits per heavy atom. The number of carbonyl (C=O) groups is 3. The summed E-state index contributed by atoms with van der Waals surface area (Å²) in [5.74, 6) is 0.140. The summed E-state index contributed by atoms with van der Waals surface area (Å²) in [5.41, 5.74) is 1.12. The molecule has 2 aromatic rings. The van der Waals surface area contributed by atoms with E-state index in [0.717, 1.165) is 0 Å². The molecule has 3 atom stereocenters. The van der Waals surface area contributed by atoms with E-state index in [1.807, 2.05) is 13.8 Å². The van der Waals surface area contributed by atoms with Crippen LogP contribution in [0, 0.1) is 5.92 Å². The lowest BCUT2D eigenvalue weighted by molar-refractivity contribution is -0.133. The minimum Gasteiger partial charge on any atom is -0.496 e. The van der Waals surface area contributed by atoms with Gasteiger partial charge in [0.25, 0.3) is 11.8 Å². The molecule has 0 saturated carbocycles. The van der Waals surface area contributed by atoms with E-state index in [4.69, 9.17) is 14.2 Å². The van der Waals surface area contributed by atoms with Crippen molar-refractivity contribution in [2.24, 2.45) is 5.92 Å². The number of methoxy groups -OCH3 is 2. The SMILES string of the molecule is COc1ccccc1C(=O)Nc1ccc2c(c1)C(=O)N(C)C[C@H](OC)[C@H](C)CN(C(C)=O)[C@H](C)CO2. The van der Waals surface area contributed by atoms with Crippen molar-refractivity contribution in [1.82, 2.24) is 9.80 Å². The zero-order valence-corrected chi connectivity index (χ0v) is 21.7. The molecule has 2 aromatic carbocycles. The second-order valence-corrected chi connectivity index (χ2v) is 9.13.